The first-order chi connectivity index (χ1) is 25.0. The quantitative estimate of drug-likeness (QED) is 0.177. The number of aryl methyl sites for hydroxylation is 1. The molecule has 0 amide bonds. The van der Waals surface area contributed by atoms with Gasteiger partial charge >= 0.3 is 0 Å². The van der Waals surface area contributed by atoms with Crippen molar-refractivity contribution in [2.45, 2.75) is 57.8 Å². The molecule has 0 radical (unpaired) electrons. The Balaban J connectivity index is 1.21. The molecule has 0 N–H and O–H groups in total. The predicted octanol–water partition coefficient (Wildman–Crippen LogP) is 13.8. The maximum atomic E-state index is 2.50. The van der Waals surface area contributed by atoms with Crippen LogP contribution in [0, 0.1) is 6.92 Å². The van der Waals surface area contributed by atoms with E-state index in [2.05, 4.69) is 178 Å². The van der Waals surface area contributed by atoms with Gasteiger partial charge in [0, 0.05) is 0 Å². The fraction of sp³-hybridized carbons (Fsp3) is 0.176. The third kappa shape index (κ3) is 5.64. The van der Waals surface area contributed by atoms with E-state index in [1.54, 1.807) is 0 Å². The van der Waals surface area contributed by atoms with Crippen molar-refractivity contribution in [3.8, 4) is 55.6 Å². The Hall–Kier alpha value is -5.46. The molecule has 2 aliphatic carbocycles. The van der Waals surface area contributed by atoms with Gasteiger partial charge in [-0.2, -0.15) is 0 Å². The van der Waals surface area contributed by atoms with Gasteiger partial charge in [-0.3, -0.25) is 0 Å². The van der Waals surface area contributed by atoms with Gasteiger partial charge in [-0.15, -0.1) is 0 Å². The van der Waals surface area contributed by atoms with Crippen molar-refractivity contribution in [2.24, 2.45) is 0 Å². The van der Waals surface area contributed by atoms with E-state index in [1.165, 1.54) is 89.0 Å². The van der Waals surface area contributed by atoms with E-state index < -0.39 is 0 Å². The van der Waals surface area contributed by atoms with Crippen molar-refractivity contribution >= 4 is 0 Å². The van der Waals surface area contributed by atoms with Crippen LogP contribution in [0.5, 0.6) is 0 Å². The Morgan fingerprint density at radius 2 is 1.06 bits per heavy atom. The molecule has 2 unspecified atom stereocenters. The van der Waals surface area contributed by atoms with Gasteiger partial charge in [-0.25, -0.2) is 0 Å². The number of hydrogen-bond donors (Lipinski definition) is 0. The van der Waals surface area contributed by atoms with Gasteiger partial charge in [-0.1, -0.05) is 153 Å². The smallest absolute Gasteiger partial charge is 0.00546 e. The first kappa shape index (κ1) is 31.5. The minimum absolute atomic E-state index is 0.376. The highest BCUT2D eigenvalue weighted by molar-refractivity contribution is 5.89. The van der Waals surface area contributed by atoms with Crippen LogP contribution in [0.15, 0.2) is 158 Å². The molecule has 7 aromatic rings. The topological polar surface area (TPSA) is 0 Å². The minimum Gasteiger partial charge on any atom is -0.0622 e. The lowest BCUT2D eigenvalue weighted by Gasteiger charge is -2.24. The van der Waals surface area contributed by atoms with E-state index in [-0.39, 0.29) is 0 Å². The Morgan fingerprint density at radius 1 is 0.451 bits per heavy atom. The van der Waals surface area contributed by atoms with E-state index in [4.69, 9.17) is 0 Å². The molecule has 0 aliphatic heterocycles. The molecule has 51 heavy (non-hydrogen) atoms. The second-order valence-corrected chi connectivity index (χ2v) is 14.9. The Bertz CT molecular complexity index is 2390. The summed E-state index contributed by atoms with van der Waals surface area (Å²) in [5, 5.41) is 0. The first-order valence-electron chi connectivity index (χ1n) is 18.7. The Morgan fingerprint density at radius 3 is 1.84 bits per heavy atom. The number of rotatable bonds is 4. The molecule has 0 spiro atoms. The lowest BCUT2D eigenvalue weighted by molar-refractivity contribution is 0.579. The van der Waals surface area contributed by atoms with Crippen LogP contribution in [-0.4, -0.2) is 0 Å². The van der Waals surface area contributed by atoms with Gasteiger partial charge in [0.2, 0.25) is 0 Å². The summed E-state index contributed by atoms with van der Waals surface area (Å²) in [4.78, 5) is 0. The summed E-state index contributed by atoms with van der Waals surface area (Å²) >= 11 is 0. The molecule has 9 rings (SSSR count). The second kappa shape index (κ2) is 13.0. The fourth-order valence-corrected chi connectivity index (χ4v) is 9.09. The molecule has 0 saturated carbocycles. The molecule has 0 heteroatoms. The normalized spacial score (nSPS) is 17.7. The van der Waals surface area contributed by atoms with E-state index in [0.29, 0.717) is 17.8 Å². The predicted molar refractivity (Wildman–Crippen MR) is 216 cm³/mol. The van der Waals surface area contributed by atoms with Crippen molar-refractivity contribution < 1.29 is 0 Å². The SMILES string of the molecule is Cc1ccccc1-c1cc(-c2ccc3c(c2)-c2ccccc2C(C)C(c2cccc(-c4ccccc4)c2)C3)cc2c1CC[C@@H](C)c1ccccc1-2. The standard InChI is InChI=1S/C51H44/c1-33-14-7-8-20-43(33)50-31-41(32-51-45-22-11-9-19-42(45)34(2)24-27-47(50)51)38-25-26-40-30-48(35(3)44-21-10-12-23-46(44)49(40)29-38)39-18-13-17-37(28-39)36-15-5-4-6-16-36/h4-23,25-26,28-29,31-32,34-35,48H,24,27,30H2,1-3H3/t34-,35?,48?/m1/s1. The zero-order valence-electron chi connectivity index (χ0n) is 29.9. The van der Waals surface area contributed by atoms with E-state index in [0.717, 1.165) is 19.3 Å². The monoisotopic (exact) mass is 656 g/mol. The zero-order chi connectivity index (χ0) is 34.5. The lowest BCUT2D eigenvalue weighted by Crippen LogP contribution is -2.10. The van der Waals surface area contributed by atoms with Crippen LogP contribution < -0.4 is 0 Å². The Kier molecular flexibility index (Phi) is 8.04. The molecular weight excluding hydrogens is 613 g/mol. The van der Waals surface area contributed by atoms with Crippen LogP contribution in [-0.2, 0) is 12.8 Å². The largest absolute Gasteiger partial charge is 0.0622 e. The molecule has 0 fully saturated rings. The van der Waals surface area contributed by atoms with Crippen LogP contribution in [0.1, 0.15) is 71.4 Å². The van der Waals surface area contributed by atoms with Gasteiger partial charge in [-0.05, 0) is 151 Å². The Labute approximate surface area is 303 Å². The fourth-order valence-electron chi connectivity index (χ4n) is 9.09. The summed E-state index contributed by atoms with van der Waals surface area (Å²) in [6.07, 6.45) is 3.25. The van der Waals surface area contributed by atoms with Crippen LogP contribution in [0.3, 0.4) is 0 Å². The summed E-state index contributed by atoms with van der Waals surface area (Å²) in [7, 11) is 0. The highest BCUT2D eigenvalue weighted by Gasteiger charge is 2.30. The van der Waals surface area contributed by atoms with Crippen molar-refractivity contribution in [3.63, 3.8) is 0 Å². The van der Waals surface area contributed by atoms with E-state index >= 15 is 0 Å². The summed E-state index contributed by atoms with van der Waals surface area (Å²) in [6.45, 7) is 7.09. The highest BCUT2D eigenvalue weighted by atomic mass is 14.3. The summed E-state index contributed by atoms with van der Waals surface area (Å²) < 4.78 is 0. The average molecular weight is 657 g/mol. The van der Waals surface area contributed by atoms with Gasteiger partial charge in [0.15, 0.2) is 0 Å². The highest BCUT2D eigenvalue weighted by Crippen LogP contribution is 2.48. The lowest BCUT2D eigenvalue weighted by atomic mass is 9.79. The maximum absolute atomic E-state index is 2.50. The van der Waals surface area contributed by atoms with Crippen molar-refractivity contribution in [1.82, 2.24) is 0 Å². The second-order valence-electron chi connectivity index (χ2n) is 14.9. The van der Waals surface area contributed by atoms with Crippen molar-refractivity contribution in [1.29, 1.82) is 0 Å². The number of fused-ring (bicyclic) bond motifs is 6. The van der Waals surface area contributed by atoms with Crippen LogP contribution in [0.25, 0.3) is 55.6 Å². The van der Waals surface area contributed by atoms with Crippen LogP contribution >= 0.6 is 0 Å². The van der Waals surface area contributed by atoms with E-state index in [1.807, 2.05) is 0 Å². The summed E-state index contributed by atoms with van der Waals surface area (Å²) in [5.74, 6) is 1.27. The van der Waals surface area contributed by atoms with Gasteiger partial charge in [0.1, 0.15) is 0 Å². The van der Waals surface area contributed by atoms with Crippen LogP contribution in [0.2, 0.25) is 0 Å². The van der Waals surface area contributed by atoms with Crippen LogP contribution in [0.4, 0.5) is 0 Å². The molecule has 3 atom stereocenters. The molecule has 0 nitrogen and oxygen atoms in total. The third-order valence-electron chi connectivity index (χ3n) is 11.9. The molecular formula is C51H44. The summed E-state index contributed by atoms with van der Waals surface area (Å²) in [6, 6.07) is 59.6. The maximum Gasteiger partial charge on any atom is -0.00546 e. The summed E-state index contributed by atoms with van der Waals surface area (Å²) in [5.41, 5.74) is 22.0. The van der Waals surface area contributed by atoms with E-state index in [9.17, 15) is 0 Å². The molecule has 0 bridgehead atoms. The molecule has 0 saturated heterocycles. The first-order valence-corrected chi connectivity index (χ1v) is 18.7. The minimum atomic E-state index is 0.376. The average Bonchev–Trinajstić information content (AvgIpc) is 3.41. The zero-order valence-corrected chi connectivity index (χ0v) is 29.9. The molecule has 2 aliphatic rings. The molecule has 248 valence electrons. The molecule has 0 aromatic heterocycles. The third-order valence-corrected chi connectivity index (χ3v) is 11.9. The van der Waals surface area contributed by atoms with Gasteiger partial charge in [0.25, 0.3) is 0 Å². The molecule has 0 heterocycles. The molecule has 7 aromatic carbocycles. The van der Waals surface area contributed by atoms with Gasteiger partial charge < -0.3 is 0 Å². The van der Waals surface area contributed by atoms with Gasteiger partial charge in [0.05, 0.1) is 0 Å². The van der Waals surface area contributed by atoms with Crippen molar-refractivity contribution in [3.05, 3.63) is 191 Å². The van der Waals surface area contributed by atoms with Crippen molar-refractivity contribution in [2.75, 3.05) is 0 Å². The number of hydrogen-bond acceptors (Lipinski definition) is 0. The number of benzene rings is 7.